The van der Waals surface area contributed by atoms with E-state index in [9.17, 15) is 35.7 Å². The third-order valence-corrected chi connectivity index (χ3v) is 3.99. The molecule has 2 saturated heterocycles. The number of ether oxygens (including phenoxy) is 3. The first-order valence-corrected chi connectivity index (χ1v) is 7.04. The zero-order valence-electron chi connectivity index (χ0n) is 12.0. The molecule has 0 aromatic heterocycles. The van der Waals surface area contributed by atoms with E-state index in [-0.39, 0.29) is 0 Å². The number of hydrogen-bond donors (Lipinski definition) is 8. The second-order valence-electron chi connectivity index (χ2n) is 5.67. The summed E-state index contributed by atoms with van der Waals surface area (Å²) in [6, 6.07) is 0. The molecule has 2 fully saturated rings. The van der Waals surface area contributed by atoms with Crippen molar-refractivity contribution in [1.82, 2.24) is 0 Å². The van der Waals surface area contributed by atoms with Crippen molar-refractivity contribution in [1.29, 1.82) is 0 Å². The van der Waals surface area contributed by atoms with Gasteiger partial charge in [0.1, 0.15) is 49.3 Å². The van der Waals surface area contributed by atoms with Crippen LogP contribution in [0.4, 0.5) is 0 Å². The van der Waals surface area contributed by atoms with Gasteiger partial charge >= 0.3 is 0 Å². The van der Waals surface area contributed by atoms with Gasteiger partial charge in [0.05, 0.1) is 13.2 Å². The minimum absolute atomic E-state index is 0.466. The van der Waals surface area contributed by atoms with Gasteiger partial charge in [0.15, 0.2) is 6.29 Å². The van der Waals surface area contributed by atoms with E-state index in [4.69, 9.17) is 19.3 Å². The van der Waals surface area contributed by atoms with Crippen LogP contribution in [0.25, 0.3) is 0 Å². The van der Waals surface area contributed by atoms with Gasteiger partial charge in [-0.15, -0.1) is 0 Å². The van der Waals surface area contributed by atoms with Gasteiger partial charge in [-0.25, -0.2) is 0 Å². The SMILES string of the molecule is OC[C@H]1O[C@H](OC[C@]2(O)OC[C@@H](O)[C@H](O)[C@@H]2O)[C@H](O)[C@@H](O)[C@@H]1O. The van der Waals surface area contributed by atoms with Crippen LogP contribution in [0, 0.1) is 0 Å². The smallest absolute Gasteiger partial charge is 0.219 e. The molecule has 0 amide bonds. The van der Waals surface area contributed by atoms with Crippen LogP contribution < -0.4 is 0 Å². The van der Waals surface area contributed by atoms with Gasteiger partial charge in [0, 0.05) is 0 Å². The highest BCUT2D eigenvalue weighted by atomic mass is 16.7. The van der Waals surface area contributed by atoms with E-state index in [2.05, 4.69) is 0 Å². The molecule has 23 heavy (non-hydrogen) atoms. The molecule has 0 radical (unpaired) electrons. The lowest BCUT2D eigenvalue weighted by atomic mass is 9.97. The van der Waals surface area contributed by atoms with Crippen LogP contribution >= 0.6 is 0 Å². The van der Waals surface area contributed by atoms with Gasteiger partial charge < -0.3 is 55.1 Å². The predicted octanol–water partition coefficient (Wildman–Crippen LogP) is -5.40. The molecule has 11 nitrogen and oxygen atoms in total. The first-order chi connectivity index (χ1) is 10.7. The molecule has 136 valence electrons. The lowest BCUT2D eigenvalue weighted by molar-refractivity contribution is -0.364. The summed E-state index contributed by atoms with van der Waals surface area (Å²) >= 11 is 0. The van der Waals surface area contributed by atoms with Crippen molar-refractivity contribution in [2.75, 3.05) is 19.8 Å². The van der Waals surface area contributed by atoms with Crippen LogP contribution in [0.1, 0.15) is 0 Å². The predicted molar refractivity (Wildman–Crippen MR) is 68.6 cm³/mol. The van der Waals surface area contributed by atoms with E-state index in [0.717, 1.165) is 0 Å². The van der Waals surface area contributed by atoms with E-state index >= 15 is 0 Å². The zero-order valence-corrected chi connectivity index (χ0v) is 12.0. The average molecular weight is 342 g/mol. The van der Waals surface area contributed by atoms with E-state index in [1.807, 2.05) is 0 Å². The summed E-state index contributed by atoms with van der Waals surface area (Å²) in [5.74, 6) is -2.38. The Kier molecular flexibility index (Phi) is 5.92. The van der Waals surface area contributed by atoms with Crippen LogP contribution in [0.15, 0.2) is 0 Å². The molecule has 11 heteroatoms. The summed E-state index contributed by atoms with van der Waals surface area (Å²) in [5, 5.41) is 76.8. The van der Waals surface area contributed by atoms with E-state index in [1.54, 1.807) is 0 Å². The summed E-state index contributed by atoms with van der Waals surface area (Å²) in [6.07, 6.45) is -12.6. The third kappa shape index (κ3) is 3.65. The fourth-order valence-corrected chi connectivity index (χ4v) is 2.42. The van der Waals surface area contributed by atoms with Gasteiger partial charge in [-0.2, -0.15) is 0 Å². The standard InChI is InChI=1S/C12H22O11/c13-1-5-7(16)8(17)9(18)11(23-5)21-3-12(20)10(19)6(15)4(14)2-22-12/h4-11,13-20H,1-3H2/t4-,5-,6+,7-,8+,9-,10+,11+,12+/m1/s1. The fraction of sp³-hybridized carbons (Fsp3) is 1.00. The number of aliphatic hydroxyl groups excluding tert-OH is 7. The van der Waals surface area contributed by atoms with Crippen molar-refractivity contribution in [2.24, 2.45) is 0 Å². The number of rotatable bonds is 4. The van der Waals surface area contributed by atoms with E-state index in [1.165, 1.54) is 0 Å². The van der Waals surface area contributed by atoms with Gasteiger partial charge in [0.2, 0.25) is 5.79 Å². The second-order valence-corrected chi connectivity index (χ2v) is 5.67. The summed E-state index contributed by atoms with van der Waals surface area (Å²) in [4.78, 5) is 0. The Labute approximate surface area is 130 Å². The Hall–Kier alpha value is -0.440. The first-order valence-electron chi connectivity index (χ1n) is 7.04. The molecule has 2 rings (SSSR count). The van der Waals surface area contributed by atoms with Crippen molar-refractivity contribution < 1.29 is 55.1 Å². The van der Waals surface area contributed by atoms with Crippen molar-refractivity contribution in [3.05, 3.63) is 0 Å². The molecule has 0 unspecified atom stereocenters. The Bertz CT molecular complexity index is 393. The molecule has 0 bridgehead atoms. The summed E-state index contributed by atoms with van der Waals surface area (Å²) in [5.41, 5.74) is 0. The third-order valence-electron chi connectivity index (χ3n) is 3.99. The highest BCUT2D eigenvalue weighted by Gasteiger charge is 2.50. The molecule has 9 atom stereocenters. The molecule has 2 aliphatic rings. The van der Waals surface area contributed by atoms with Crippen LogP contribution in [-0.2, 0) is 14.2 Å². The molecule has 0 aromatic rings. The topological polar surface area (TPSA) is 190 Å². The van der Waals surface area contributed by atoms with E-state index < -0.39 is 74.6 Å². The Balaban J connectivity index is 1.99. The van der Waals surface area contributed by atoms with Crippen LogP contribution in [0.5, 0.6) is 0 Å². The van der Waals surface area contributed by atoms with Gasteiger partial charge in [-0.05, 0) is 0 Å². The Morgan fingerprint density at radius 3 is 2.22 bits per heavy atom. The average Bonchev–Trinajstić information content (AvgIpc) is 2.54. The molecule has 8 N–H and O–H groups in total. The highest BCUT2D eigenvalue weighted by molar-refractivity contribution is 4.93. The quantitative estimate of drug-likeness (QED) is 0.243. The maximum absolute atomic E-state index is 10.1. The van der Waals surface area contributed by atoms with Crippen molar-refractivity contribution in [2.45, 2.75) is 54.8 Å². The van der Waals surface area contributed by atoms with Crippen LogP contribution in [0.2, 0.25) is 0 Å². The number of hydrogen-bond acceptors (Lipinski definition) is 11. The van der Waals surface area contributed by atoms with Crippen molar-refractivity contribution in [3.63, 3.8) is 0 Å². The van der Waals surface area contributed by atoms with Gasteiger partial charge in [-0.3, -0.25) is 0 Å². The molecular weight excluding hydrogens is 320 g/mol. The number of aliphatic hydroxyl groups is 8. The largest absolute Gasteiger partial charge is 0.394 e. The van der Waals surface area contributed by atoms with Crippen molar-refractivity contribution >= 4 is 0 Å². The summed E-state index contributed by atoms with van der Waals surface area (Å²) in [7, 11) is 0. The maximum Gasteiger partial charge on any atom is 0.219 e. The Morgan fingerprint density at radius 1 is 0.957 bits per heavy atom. The molecular formula is C12H22O11. The Morgan fingerprint density at radius 2 is 1.61 bits per heavy atom. The molecule has 0 saturated carbocycles. The molecule has 0 spiro atoms. The summed E-state index contributed by atoms with van der Waals surface area (Å²) in [6.45, 7) is -1.90. The van der Waals surface area contributed by atoms with Gasteiger partial charge in [0.25, 0.3) is 0 Å². The van der Waals surface area contributed by atoms with E-state index in [0.29, 0.717) is 0 Å². The van der Waals surface area contributed by atoms with Crippen LogP contribution in [0.3, 0.4) is 0 Å². The summed E-state index contributed by atoms with van der Waals surface area (Å²) < 4.78 is 15.0. The molecule has 2 heterocycles. The highest BCUT2D eigenvalue weighted by Crippen LogP contribution is 2.27. The molecule has 0 aromatic carbocycles. The maximum atomic E-state index is 10.1. The molecule has 2 aliphatic heterocycles. The lowest BCUT2D eigenvalue weighted by Gasteiger charge is -2.44. The minimum Gasteiger partial charge on any atom is -0.394 e. The fourth-order valence-electron chi connectivity index (χ4n) is 2.42. The zero-order chi connectivity index (χ0) is 17.4. The van der Waals surface area contributed by atoms with Crippen molar-refractivity contribution in [3.8, 4) is 0 Å². The monoisotopic (exact) mass is 342 g/mol. The lowest BCUT2D eigenvalue weighted by Crippen LogP contribution is -2.64. The molecule has 0 aliphatic carbocycles. The van der Waals surface area contributed by atoms with Crippen LogP contribution in [-0.4, -0.2) is 115 Å². The first kappa shape index (κ1) is 18.9. The minimum atomic E-state index is -2.38. The van der Waals surface area contributed by atoms with Gasteiger partial charge in [-0.1, -0.05) is 0 Å². The second kappa shape index (κ2) is 7.21. The normalized spacial score (nSPS) is 51.7.